The van der Waals surface area contributed by atoms with E-state index in [1.165, 1.54) is 0 Å². The number of hydrogen-bond donors (Lipinski definition) is 3. The highest BCUT2D eigenvalue weighted by Crippen LogP contribution is 1.91. The van der Waals surface area contributed by atoms with Gasteiger partial charge in [0.05, 0.1) is 0 Å². The summed E-state index contributed by atoms with van der Waals surface area (Å²) in [5.41, 5.74) is 0. The van der Waals surface area contributed by atoms with Gasteiger partial charge in [0.15, 0.2) is 0 Å². The topological polar surface area (TPSA) is 73.6 Å². The van der Waals surface area contributed by atoms with Crippen LogP contribution in [0.5, 0.6) is 0 Å². The molecule has 10 heavy (non-hydrogen) atoms. The fraction of sp³-hybridized carbons (Fsp3) is 0. The lowest BCUT2D eigenvalue weighted by Gasteiger charge is -1.69. The Balaban J connectivity index is 0.000000180. The number of hydrogen-bond acceptors (Lipinski definition) is 4. The maximum Gasteiger partial charge on any atom is 0.631 e. The molecule has 0 unspecified atom stereocenters. The van der Waals surface area contributed by atoms with Crippen molar-refractivity contribution in [3.63, 3.8) is 0 Å². The molecule has 1 heterocycles. The molecule has 0 radical (unpaired) electrons. The average Bonchev–Trinajstić information content (AvgIpc) is 1.90. The summed E-state index contributed by atoms with van der Waals surface area (Å²) in [5.74, 6) is 1.99. The van der Waals surface area contributed by atoms with Crippen LogP contribution in [0.15, 0.2) is 24.1 Å². The van der Waals surface area contributed by atoms with Gasteiger partial charge < -0.3 is 15.1 Å². The van der Waals surface area contributed by atoms with Gasteiger partial charge in [-0.1, -0.05) is 6.07 Å². The van der Waals surface area contributed by atoms with E-state index in [9.17, 15) is 0 Å². The third-order valence-corrected chi connectivity index (χ3v) is 1.06. The molecule has 0 spiro atoms. The summed E-state index contributed by atoms with van der Waals surface area (Å²) >= 11 is 0. The van der Waals surface area contributed by atoms with Crippen LogP contribution in [0.4, 0.5) is 0 Å². The quantitative estimate of drug-likeness (QED) is 0.450. The highest BCUT2D eigenvalue weighted by Gasteiger charge is 1.92. The lowest BCUT2D eigenvalue weighted by Crippen LogP contribution is -2.07. The largest absolute Gasteiger partial charge is 0.631 e. The van der Waals surface area contributed by atoms with Crippen molar-refractivity contribution in [1.29, 1.82) is 0 Å². The second-order valence-electron chi connectivity index (χ2n) is 1.26. The summed E-state index contributed by atoms with van der Waals surface area (Å²) in [6.07, 6.45) is 1.79. The maximum atomic E-state index is 7.17. The van der Waals surface area contributed by atoms with Crippen molar-refractivity contribution in [2.45, 2.75) is 0 Å². The lowest BCUT2D eigenvalue weighted by atomic mass is 10.3. The molecule has 0 saturated heterocycles. The molecule has 0 aliphatic rings. The van der Waals surface area contributed by atoms with Crippen molar-refractivity contribution < 1.29 is 15.1 Å². The van der Waals surface area contributed by atoms with Crippen molar-refractivity contribution in [3.8, 4) is 0 Å². The van der Waals surface area contributed by atoms with Crippen LogP contribution in [-0.4, -0.2) is 27.1 Å². The van der Waals surface area contributed by atoms with Gasteiger partial charge in [0, 0.05) is 14.5 Å². The summed E-state index contributed by atoms with van der Waals surface area (Å²) in [4.78, 5) is 0. The zero-order chi connectivity index (χ0) is 7.82. The Morgan fingerprint density at radius 2 is 1.80 bits per heavy atom. The summed E-state index contributed by atoms with van der Waals surface area (Å²) in [7, 11) is -1.11. The van der Waals surface area contributed by atoms with Gasteiger partial charge in [-0.2, -0.15) is 0 Å². The normalized spacial score (nSPS) is 8.30. The monoisotopic (exact) mass is 159 g/mol. The fourth-order valence-electron chi connectivity index (χ4n) is 0.253. The van der Waals surface area contributed by atoms with Crippen LogP contribution in [0.25, 0.3) is 0 Å². The Hall–Kier alpha value is -0.475. The first-order valence-electron chi connectivity index (χ1n) is 2.49. The number of aromatic nitrogens is 1. The molecule has 0 atom stereocenters. The van der Waals surface area contributed by atoms with Gasteiger partial charge in [-0.25, -0.2) is 4.75 Å². The maximum absolute atomic E-state index is 7.17. The molecule has 0 saturated carbocycles. The second kappa shape index (κ2) is 6.64. The summed E-state index contributed by atoms with van der Waals surface area (Å²) in [6.45, 7) is 0. The fourth-order valence-corrected chi connectivity index (χ4v) is 0.661. The summed E-state index contributed by atoms with van der Waals surface area (Å²) < 4.78 is 3.88. The van der Waals surface area contributed by atoms with Crippen LogP contribution in [0.1, 0.15) is 0 Å². The van der Waals surface area contributed by atoms with Gasteiger partial charge >= 0.3 is 7.32 Å². The average molecular weight is 159 g/mol. The third-order valence-electron chi connectivity index (χ3n) is 0.483. The van der Waals surface area contributed by atoms with Gasteiger partial charge in [-0.15, -0.1) is 0 Å². The molecule has 6 heteroatoms. The van der Waals surface area contributed by atoms with Crippen molar-refractivity contribution in [2.75, 3.05) is 0 Å². The minimum atomic E-state index is -2.17. The molecule has 0 aliphatic heterocycles. The molecule has 0 aromatic carbocycles. The van der Waals surface area contributed by atoms with Crippen LogP contribution in [0, 0.1) is 0 Å². The van der Waals surface area contributed by atoms with E-state index in [4.69, 9.17) is 15.1 Å². The molecule has 1 aromatic rings. The molecule has 1 rings (SSSR count). The Kier molecular flexibility index (Phi) is 6.33. The van der Waals surface area contributed by atoms with Crippen molar-refractivity contribution in [3.05, 3.63) is 24.1 Å². The number of nitrogens with zero attached hydrogens (tertiary/aromatic N) is 1. The highest BCUT2D eigenvalue weighted by atomic mass is 31.0. The molecular weight excluding hydrogens is 152 g/mol. The van der Waals surface area contributed by atoms with E-state index in [2.05, 4.69) is 4.75 Å². The predicted molar refractivity (Wildman–Crippen MR) is 39.2 cm³/mol. The predicted octanol–water partition coefficient (Wildman–Crippen LogP) is -0.390. The highest BCUT2D eigenvalue weighted by molar-refractivity contribution is 7.24. The summed E-state index contributed by atoms with van der Waals surface area (Å²) in [6, 6.07) is 3.89. The summed E-state index contributed by atoms with van der Waals surface area (Å²) in [5, 5.41) is 21.5. The van der Waals surface area contributed by atoms with Crippen molar-refractivity contribution in [2.24, 2.45) is 0 Å². The van der Waals surface area contributed by atoms with Gasteiger partial charge in [0.2, 0.25) is 0 Å². The molecule has 1 aromatic heterocycles. The lowest BCUT2D eigenvalue weighted by molar-refractivity contribution is 0.278. The van der Waals surface area contributed by atoms with E-state index >= 15 is 0 Å². The Morgan fingerprint density at radius 1 is 1.20 bits per heavy atom. The van der Waals surface area contributed by atoms with E-state index in [0.717, 1.165) is 8.35 Å². The molecule has 3 N–H and O–H groups in total. The SMILES string of the molecule is OB(O)O.c1ccpnc1. The minimum absolute atomic E-state index is 1.06. The zero-order valence-corrected chi connectivity index (χ0v) is 6.02. The molecular formula is C4H7BNO3P. The zero-order valence-electron chi connectivity index (χ0n) is 5.12. The first-order valence-corrected chi connectivity index (χ1v) is 3.41. The first kappa shape index (κ1) is 9.52. The van der Waals surface area contributed by atoms with Crippen LogP contribution < -0.4 is 0 Å². The van der Waals surface area contributed by atoms with Gasteiger partial charge in [-0.05, 0) is 11.9 Å². The molecule has 0 aliphatic carbocycles. The molecule has 4 nitrogen and oxygen atoms in total. The standard InChI is InChI=1S/C4H4NP.BH3O3/c1-2-4-6-5-3-1;2-1(3)4/h1-4H;2-4H. The van der Waals surface area contributed by atoms with Crippen LogP contribution in [-0.2, 0) is 0 Å². The van der Waals surface area contributed by atoms with E-state index in [-0.39, 0.29) is 0 Å². The molecule has 0 bridgehead atoms. The van der Waals surface area contributed by atoms with E-state index in [1.807, 2.05) is 17.9 Å². The van der Waals surface area contributed by atoms with Gasteiger partial charge in [0.1, 0.15) is 0 Å². The van der Waals surface area contributed by atoms with Crippen LogP contribution in [0.3, 0.4) is 0 Å². The minimum Gasteiger partial charge on any atom is -0.402 e. The smallest absolute Gasteiger partial charge is 0.402 e. The Bertz CT molecular complexity index is 121. The van der Waals surface area contributed by atoms with Gasteiger partial charge in [-0.3, -0.25) is 0 Å². The van der Waals surface area contributed by atoms with Crippen molar-refractivity contribution in [1.82, 2.24) is 4.75 Å². The van der Waals surface area contributed by atoms with Crippen LogP contribution >= 0.6 is 8.35 Å². The van der Waals surface area contributed by atoms with E-state index in [0.29, 0.717) is 0 Å². The molecule has 0 fully saturated rings. The Labute approximate surface area is 60.5 Å². The first-order chi connectivity index (χ1) is 4.73. The third kappa shape index (κ3) is 10.5. The van der Waals surface area contributed by atoms with Crippen molar-refractivity contribution >= 4 is 15.7 Å². The van der Waals surface area contributed by atoms with E-state index in [1.54, 1.807) is 6.20 Å². The molecule has 0 amide bonds. The second-order valence-corrected chi connectivity index (χ2v) is 2.02. The van der Waals surface area contributed by atoms with Crippen LogP contribution in [0.2, 0.25) is 0 Å². The Morgan fingerprint density at radius 3 is 1.90 bits per heavy atom. The number of rotatable bonds is 0. The van der Waals surface area contributed by atoms with Gasteiger partial charge in [0.25, 0.3) is 0 Å². The molecule has 54 valence electrons. The van der Waals surface area contributed by atoms with E-state index < -0.39 is 7.32 Å².